The number of ether oxygens (including phenoxy) is 2. The van der Waals surface area contributed by atoms with E-state index in [0.29, 0.717) is 30.2 Å². The minimum Gasteiger partial charge on any atom is -0.454 e. The van der Waals surface area contributed by atoms with Crippen molar-refractivity contribution in [3.05, 3.63) is 53.6 Å². The van der Waals surface area contributed by atoms with Crippen LogP contribution >= 0.6 is 0 Å². The Morgan fingerprint density at radius 3 is 2.44 bits per heavy atom. The number of hydrogen-bond donors (Lipinski definition) is 0. The monoisotopic (exact) mass is 388 g/mol. The maximum Gasteiger partial charge on any atom is 0.254 e. The molecule has 2 aliphatic rings. The first-order chi connectivity index (χ1) is 12.9. The van der Waals surface area contributed by atoms with E-state index in [2.05, 4.69) is 0 Å². The molecular weight excluding hydrogens is 368 g/mol. The number of carbonyl (C=O) groups is 1. The summed E-state index contributed by atoms with van der Waals surface area (Å²) in [6, 6.07) is 12.0. The van der Waals surface area contributed by atoms with Crippen LogP contribution in [0.4, 0.5) is 0 Å². The fourth-order valence-corrected chi connectivity index (χ4v) is 4.80. The second-order valence-electron chi connectivity index (χ2n) is 6.58. The highest BCUT2D eigenvalue weighted by Gasteiger charge is 2.31. The molecule has 27 heavy (non-hydrogen) atoms. The minimum absolute atomic E-state index is 0.138. The molecule has 0 radical (unpaired) electrons. The van der Waals surface area contributed by atoms with Crippen molar-refractivity contribution >= 4 is 15.9 Å². The zero-order valence-electron chi connectivity index (χ0n) is 14.9. The van der Waals surface area contributed by atoms with Gasteiger partial charge in [-0.25, -0.2) is 8.42 Å². The normalized spacial score (nSPS) is 17.1. The van der Waals surface area contributed by atoms with E-state index in [9.17, 15) is 13.2 Å². The summed E-state index contributed by atoms with van der Waals surface area (Å²) in [4.78, 5) is 14.7. The van der Waals surface area contributed by atoms with E-state index in [1.807, 2.05) is 13.0 Å². The van der Waals surface area contributed by atoms with Gasteiger partial charge in [-0.3, -0.25) is 4.79 Å². The van der Waals surface area contributed by atoms with Crippen LogP contribution in [0.25, 0.3) is 0 Å². The molecule has 2 aromatic carbocycles. The van der Waals surface area contributed by atoms with Gasteiger partial charge in [0.1, 0.15) is 0 Å². The van der Waals surface area contributed by atoms with Crippen molar-refractivity contribution in [1.29, 1.82) is 0 Å². The molecule has 1 fully saturated rings. The number of rotatable bonds is 3. The van der Waals surface area contributed by atoms with Crippen molar-refractivity contribution in [2.24, 2.45) is 0 Å². The molecule has 0 atom stereocenters. The van der Waals surface area contributed by atoms with E-state index in [1.165, 1.54) is 4.31 Å². The Morgan fingerprint density at radius 2 is 1.70 bits per heavy atom. The highest BCUT2D eigenvalue weighted by atomic mass is 32.2. The molecule has 0 aromatic heterocycles. The highest BCUT2D eigenvalue weighted by Crippen LogP contribution is 2.33. The summed E-state index contributed by atoms with van der Waals surface area (Å²) in [5.41, 5.74) is 1.40. The first kappa shape index (κ1) is 17.8. The van der Waals surface area contributed by atoms with Crippen LogP contribution in [-0.4, -0.2) is 56.5 Å². The van der Waals surface area contributed by atoms with Gasteiger partial charge in [-0.1, -0.05) is 12.1 Å². The molecule has 142 valence electrons. The average molecular weight is 388 g/mol. The van der Waals surface area contributed by atoms with Crippen molar-refractivity contribution < 1.29 is 22.7 Å². The largest absolute Gasteiger partial charge is 0.454 e. The summed E-state index contributed by atoms with van der Waals surface area (Å²) < 4.78 is 37.6. The summed E-state index contributed by atoms with van der Waals surface area (Å²) in [5, 5.41) is 0. The van der Waals surface area contributed by atoms with Crippen molar-refractivity contribution in [2.45, 2.75) is 11.8 Å². The second kappa shape index (κ2) is 6.86. The van der Waals surface area contributed by atoms with Gasteiger partial charge < -0.3 is 14.4 Å². The summed E-state index contributed by atoms with van der Waals surface area (Å²) in [5.74, 6) is 1.04. The molecule has 0 unspecified atom stereocenters. The van der Waals surface area contributed by atoms with E-state index in [-0.39, 0.29) is 30.7 Å². The van der Waals surface area contributed by atoms with Crippen LogP contribution in [0.2, 0.25) is 0 Å². The number of aryl methyl sites for hydroxylation is 1. The molecule has 0 bridgehead atoms. The maximum atomic E-state index is 12.8. The lowest BCUT2D eigenvalue weighted by atomic mass is 10.1. The van der Waals surface area contributed by atoms with Crippen LogP contribution in [0.3, 0.4) is 0 Å². The summed E-state index contributed by atoms with van der Waals surface area (Å²) in [7, 11) is -3.55. The van der Waals surface area contributed by atoms with Gasteiger partial charge >= 0.3 is 0 Å². The van der Waals surface area contributed by atoms with Gasteiger partial charge in [0.2, 0.25) is 16.8 Å². The third-order valence-electron chi connectivity index (χ3n) is 4.77. The molecule has 2 heterocycles. The van der Waals surface area contributed by atoms with E-state index in [4.69, 9.17) is 9.47 Å². The summed E-state index contributed by atoms with van der Waals surface area (Å²) >= 11 is 0. The Morgan fingerprint density at radius 1 is 0.963 bits per heavy atom. The van der Waals surface area contributed by atoms with Crippen molar-refractivity contribution in [3.8, 4) is 11.5 Å². The topological polar surface area (TPSA) is 76.2 Å². The van der Waals surface area contributed by atoms with Crippen LogP contribution in [0.15, 0.2) is 47.4 Å². The minimum atomic E-state index is -3.55. The zero-order chi connectivity index (χ0) is 19.0. The standard InChI is InChI=1S/C19H20N2O5S/c1-14-3-2-4-16(11-14)27(23,24)21-9-7-20(8-10-21)19(22)15-5-6-17-18(12-15)26-13-25-17/h2-6,11-12H,7-10,13H2,1H3. The third kappa shape index (κ3) is 3.38. The van der Waals surface area contributed by atoms with E-state index in [1.54, 1.807) is 41.3 Å². The lowest BCUT2D eigenvalue weighted by molar-refractivity contribution is 0.0697. The molecule has 4 rings (SSSR count). The molecule has 8 heteroatoms. The number of carbonyl (C=O) groups excluding carboxylic acids is 1. The van der Waals surface area contributed by atoms with Gasteiger partial charge in [0.25, 0.3) is 5.91 Å². The molecule has 7 nitrogen and oxygen atoms in total. The van der Waals surface area contributed by atoms with Crippen LogP contribution in [-0.2, 0) is 10.0 Å². The Hall–Kier alpha value is -2.58. The fraction of sp³-hybridized carbons (Fsp3) is 0.316. The molecule has 0 saturated carbocycles. The molecule has 2 aliphatic heterocycles. The van der Waals surface area contributed by atoms with Gasteiger partial charge in [-0.2, -0.15) is 4.31 Å². The Balaban J connectivity index is 1.45. The number of piperazine rings is 1. The van der Waals surface area contributed by atoms with Crippen LogP contribution < -0.4 is 9.47 Å². The lowest BCUT2D eigenvalue weighted by Gasteiger charge is -2.34. The number of amides is 1. The van der Waals surface area contributed by atoms with Crippen molar-refractivity contribution in [3.63, 3.8) is 0 Å². The Kier molecular flexibility index (Phi) is 4.53. The van der Waals surface area contributed by atoms with Crippen molar-refractivity contribution in [1.82, 2.24) is 9.21 Å². The van der Waals surface area contributed by atoms with Crippen LogP contribution in [0, 0.1) is 6.92 Å². The summed E-state index contributed by atoms with van der Waals surface area (Å²) in [6.45, 7) is 3.25. The van der Waals surface area contributed by atoms with Gasteiger partial charge in [-0.05, 0) is 42.8 Å². The highest BCUT2D eigenvalue weighted by molar-refractivity contribution is 7.89. The van der Waals surface area contributed by atoms with E-state index in [0.717, 1.165) is 5.56 Å². The molecule has 0 aliphatic carbocycles. The SMILES string of the molecule is Cc1cccc(S(=O)(=O)N2CCN(C(=O)c3ccc4c(c3)OCO4)CC2)c1. The van der Waals surface area contributed by atoms with Gasteiger partial charge in [0.15, 0.2) is 11.5 Å². The van der Waals surface area contributed by atoms with Gasteiger partial charge in [-0.15, -0.1) is 0 Å². The number of sulfonamides is 1. The Labute approximate surface area is 158 Å². The predicted molar refractivity (Wildman–Crippen MR) is 98.4 cm³/mol. The quantitative estimate of drug-likeness (QED) is 0.802. The Bertz CT molecular complexity index is 981. The van der Waals surface area contributed by atoms with Gasteiger partial charge in [0.05, 0.1) is 4.90 Å². The lowest BCUT2D eigenvalue weighted by Crippen LogP contribution is -2.50. The number of nitrogens with zero attached hydrogens (tertiary/aromatic N) is 2. The number of hydrogen-bond acceptors (Lipinski definition) is 5. The molecule has 1 saturated heterocycles. The molecule has 1 amide bonds. The molecule has 0 N–H and O–H groups in total. The molecular formula is C19H20N2O5S. The van der Waals surface area contributed by atoms with Gasteiger partial charge in [0, 0.05) is 31.7 Å². The van der Waals surface area contributed by atoms with Crippen molar-refractivity contribution in [2.75, 3.05) is 33.0 Å². The van der Waals surface area contributed by atoms with Crippen LogP contribution in [0.1, 0.15) is 15.9 Å². The van der Waals surface area contributed by atoms with E-state index >= 15 is 0 Å². The molecule has 2 aromatic rings. The zero-order valence-corrected chi connectivity index (χ0v) is 15.7. The third-order valence-corrected chi connectivity index (χ3v) is 6.67. The second-order valence-corrected chi connectivity index (χ2v) is 8.52. The molecule has 0 spiro atoms. The number of fused-ring (bicyclic) bond motifs is 1. The van der Waals surface area contributed by atoms with E-state index < -0.39 is 10.0 Å². The first-order valence-electron chi connectivity index (χ1n) is 8.71. The maximum absolute atomic E-state index is 12.8. The predicted octanol–water partition coefficient (Wildman–Crippen LogP) is 1.87. The summed E-state index contributed by atoms with van der Waals surface area (Å²) in [6.07, 6.45) is 0. The van der Waals surface area contributed by atoms with Crippen LogP contribution in [0.5, 0.6) is 11.5 Å². The smallest absolute Gasteiger partial charge is 0.254 e. The first-order valence-corrected chi connectivity index (χ1v) is 10.1. The number of benzene rings is 2. The fourth-order valence-electron chi connectivity index (χ4n) is 3.27. The average Bonchev–Trinajstić information content (AvgIpc) is 3.15.